The summed E-state index contributed by atoms with van der Waals surface area (Å²) in [7, 11) is 1.65. The van der Waals surface area contributed by atoms with Crippen LogP contribution in [0.15, 0.2) is 72.9 Å². The number of ether oxygens (including phenoxy) is 1. The van der Waals surface area contributed by atoms with Crippen molar-refractivity contribution in [3.63, 3.8) is 0 Å². The molecule has 6 heteroatoms. The third-order valence-electron chi connectivity index (χ3n) is 4.21. The van der Waals surface area contributed by atoms with Gasteiger partial charge in [0.2, 0.25) is 5.91 Å². The van der Waals surface area contributed by atoms with E-state index >= 15 is 0 Å². The number of aromatic nitrogens is 1. The molecule has 2 aromatic carbocycles. The molecule has 0 aliphatic rings. The largest absolute Gasteiger partial charge is 0.497 e. The highest BCUT2D eigenvalue weighted by molar-refractivity contribution is 6.01. The second-order valence-electron chi connectivity index (χ2n) is 6.33. The monoisotopic (exact) mass is 391 g/mol. The molecule has 1 aromatic heterocycles. The molecule has 0 atom stereocenters. The Balaban J connectivity index is 1.45. The molecule has 0 aliphatic carbocycles. The van der Waals surface area contributed by atoms with Crippen LogP contribution in [0.1, 0.15) is 11.1 Å². The molecule has 3 aromatic rings. The first kappa shape index (κ1) is 20.1. The molecule has 0 saturated carbocycles. The molecule has 1 amide bonds. The topological polar surface area (TPSA) is 63.2 Å². The molecule has 1 heterocycles. The molecule has 3 rings (SSSR count). The molecule has 5 nitrogen and oxygen atoms in total. The maximum absolute atomic E-state index is 12.9. The second kappa shape index (κ2) is 10.0. The summed E-state index contributed by atoms with van der Waals surface area (Å²) in [6.45, 7) is 0.742. The van der Waals surface area contributed by atoms with Gasteiger partial charge < -0.3 is 15.4 Å². The van der Waals surface area contributed by atoms with Gasteiger partial charge in [0.05, 0.1) is 19.0 Å². The number of hydrogen-bond donors (Lipinski definition) is 2. The molecule has 29 heavy (non-hydrogen) atoms. The highest BCUT2D eigenvalue weighted by atomic mass is 19.1. The van der Waals surface area contributed by atoms with Crippen LogP contribution in [-0.2, 0) is 11.2 Å². The zero-order valence-electron chi connectivity index (χ0n) is 16.1. The number of nitrogens with zero attached hydrogens (tertiary/aromatic N) is 1. The summed E-state index contributed by atoms with van der Waals surface area (Å²) in [4.78, 5) is 16.3. The van der Waals surface area contributed by atoms with Crippen molar-refractivity contribution in [1.82, 2.24) is 4.98 Å². The van der Waals surface area contributed by atoms with Crippen molar-refractivity contribution in [2.24, 2.45) is 0 Å². The van der Waals surface area contributed by atoms with Crippen LogP contribution in [-0.4, -0.2) is 24.5 Å². The first-order valence-corrected chi connectivity index (χ1v) is 9.20. The van der Waals surface area contributed by atoms with Gasteiger partial charge in [-0.1, -0.05) is 24.3 Å². The van der Waals surface area contributed by atoms with Crippen LogP contribution >= 0.6 is 0 Å². The summed E-state index contributed by atoms with van der Waals surface area (Å²) in [5.74, 6) is 0.985. The van der Waals surface area contributed by atoms with E-state index in [0.717, 1.165) is 30.1 Å². The van der Waals surface area contributed by atoms with Gasteiger partial charge in [-0.05, 0) is 60.0 Å². The highest BCUT2D eigenvalue weighted by Crippen LogP contribution is 2.13. The van der Waals surface area contributed by atoms with Crippen LogP contribution in [0.25, 0.3) is 6.08 Å². The van der Waals surface area contributed by atoms with Crippen molar-refractivity contribution in [2.75, 3.05) is 24.3 Å². The van der Waals surface area contributed by atoms with E-state index < -0.39 is 0 Å². The van der Waals surface area contributed by atoms with Crippen LogP contribution in [0.5, 0.6) is 5.75 Å². The lowest BCUT2D eigenvalue weighted by Crippen LogP contribution is -2.09. The van der Waals surface area contributed by atoms with E-state index in [9.17, 15) is 9.18 Å². The van der Waals surface area contributed by atoms with Crippen molar-refractivity contribution < 1.29 is 13.9 Å². The lowest BCUT2D eigenvalue weighted by molar-refractivity contribution is -0.111. The van der Waals surface area contributed by atoms with Gasteiger partial charge in [0, 0.05) is 12.6 Å². The van der Waals surface area contributed by atoms with Crippen LogP contribution in [0, 0.1) is 5.82 Å². The van der Waals surface area contributed by atoms with Crippen molar-refractivity contribution >= 4 is 23.5 Å². The van der Waals surface area contributed by atoms with Gasteiger partial charge >= 0.3 is 0 Å². The van der Waals surface area contributed by atoms with Gasteiger partial charge in [-0.25, -0.2) is 9.37 Å². The third kappa shape index (κ3) is 6.46. The fourth-order valence-corrected chi connectivity index (χ4v) is 2.63. The second-order valence-corrected chi connectivity index (χ2v) is 6.33. The van der Waals surface area contributed by atoms with Crippen LogP contribution < -0.4 is 15.4 Å². The molecule has 0 saturated heterocycles. The number of methoxy groups -OCH3 is 1. The van der Waals surface area contributed by atoms with Crippen molar-refractivity contribution in [3.05, 3.63) is 89.9 Å². The molecule has 0 fully saturated rings. The Morgan fingerprint density at radius 2 is 1.83 bits per heavy atom. The molecule has 0 bridgehead atoms. The zero-order valence-corrected chi connectivity index (χ0v) is 16.1. The Hall–Kier alpha value is -3.67. The zero-order chi connectivity index (χ0) is 20.5. The number of anilines is 2. The van der Waals surface area contributed by atoms with E-state index in [2.05, 4.69) is 15.6 Å². The Bertz CT molecular complexity index is 953. The number of carbonyl (C=O) groups excluding carboxylic acids is 1. The molecule has 0 radical (unpaired) electrons. The average Bonchev–Trinajstić information content (AvgIpc) is 2.75. The normalized spacial score (nSPS) is 10.7. The minimum Gasteiger partial charge on any atom is -0.497 e. The van der Waals surface area contributed by atoms with Gasteiger partial charge in [0.15, 0.2) is 0 Å². The number of rotatable bonds is 8. The van der Waals surface area contributed by atoms with E-state index in [1.165, 1.54) is 23.8 Å². The predicted octanol–water partition coefficient (Wildman–Crippen LogP) is 4.54. The van der Waals surface area contributed by atoms with E-state index in [1.54, 1.807) is 37.6 Å². The van der Waals surface area contributed by atoms with E-state index in [4.69, 9.17) is 4.74 Å². The Morgan fingerprint density at radius 3 is 2.48 bits per heavy atom. The Kier molecular flexibility index (Phi) is 6.95. The Labute approximate surface area is 169 Å². The van der Waals surface area contributed by atoms with E-state index in [-0.39, 0.29) is 11.7 Å². The van der Waals surface area contributed by atoms with Gasteiger partial charge in [-0.3, -0.25) is 4.79 Å². The summed E-state index contributed by atoms with van der Waals surface area (Å²) in [5, 5.41) is 6.00. The number of hydrogen-bond acceptors (Lipinski definition) is 4. The van der Waals surface area contributed by atoms with Crippen molar-refractivity contribution in [2.45, 2.75) is 6.42 Å². The smallest absolute Gasteiger partial charge is 0.248 e. The number of carbonyl (C=O) groups is 1. The highest BCUT2D eigenvalue weighted by Gasteiger charge is 2.01. The molecule has 0 spiro atoms. The van der Waals surface area contributed by atoms with Gasteiger partial charge in [0.1, 0.15) is 17.4 Å². The molecular weight excluding hydrogens is 369 g/mol. The maximum atomic E-state index is 12.9. The minimum atomic E-state index is -0.310. The first-order chi connectivity index (χ1) is 14.1. The number of amides is 1. The van der Waals surface area contributed by atoms with E-state index in [1.807, 2.05) is 30.3 Å². The first-order valence-electron chi connectivity index (χ1n) is 9.20. The average molecular weight is 391 g/mol. The van der Waals surface area contributed by atoms with Crippen LogP contribution in [0.2, 0.25) is 0 Å². The summed E-state index contributed by atoms with van der Waals surface area (Å²) in [5.41, 5.74) is 2.55. The summed E-state index contributed by atoms with van der Waals surface area (Å²) >= 11 is 0. The summed E-state index contributed by atoms with van der Waals surface area (Å²) in [6, 6.07) is 17.5. The van der Waals surface area contributed by atoms with Gasteiger partial charge in [0.25, 0.3) is 0 Å². The standard InChI is InChI=1S/C23H22FN3O2/c1-29-21-10-4-18(5-11-21)14-15-25-22-12-9-20(16-26-22)27-23(28)13-6-17-2-7-19(24)8-3-17/h2-13,16H,14-15H2,1H3,(H,25,26)(H,27,28)/b13-6+. The van der Waals surface area contributed by atoms with Gasteiger partial charge in [-0.15, -0.1) is 0 Å². The minimum absolute atomic E-state index is 0.281. The third-order valence-corrected chi connectivity index (χ3v) is 4.21. The number of pyridine rings is 1. The molecule has 148 valence electrons. The number of nitrogens with one attached hydrogen (secondary N) is 2. The van der Waals surface area contributed by atoms with Crippen LogP contribution in [0.3, 0.4) is 0 Å². The molecule has 2 N–H and O–H groups in total. The lowest BCUT2D eigenvalue weighted by Gasteiger charge is -2.08. The number of benzene rings is 2. The quantitative estimate of drug-likeness (QED) is 0.554. The fraction of sp³-hybridized carbons (Fsp3) is 0.130. The summed E-state index contributed by atoms with van der Waals surface area (Å²) < 4.78 is 18.0. The maximum Gasteiger partial charge on any atom is 0.248 e. The van der Waals surface area contributed by atoms with E-state index in [0.29, 0.717) is 5.69 Å². The van der Waals surface area contributed by atoms with Crippen LogP contribution in [0.4, 0.5) is 15.9 Å². The molecular formula is C23H22FN3O2. The Morgan fingerprint density at radius 1 is 1.07 bits per heavy atom. The SMILES string of the molecule is COc1ccc(CCNc2ccc(NC(=O)/C=C/c3ccc(F)cc3)cn2)cc1. The van der Waals surface area contributed by atoms with Crippen molar-refractivity contribution in [3.8, 4) is 5.75 Å². The predicted molar refractivity (Wildman–Crippen MR) is 113 cm³/mol. The number of halogens is 1. The lowest BCUT2D eigenvalue weighted by atomic mass is 10.1. The fourth-order valence-electron chi connectivity index (χ4n) is 2.63. The van der Waals surface area contributed by atoms with Gasteiger partial charge in [-0.2, -0.15) is 0 Å². The molecule has 0 unspecified atom stereocenters. The molecule has 0 aliphatic heterocycles. The van der Waals surface area contributed by atoms with Crippen molar-refractivity contribution in [1.29, 1.82) is 0 Å². The summed E-state index contributed by atoms with van der Waals surface area (Å²) in [6.07, 6.45) is 5.48.